The van der Waals surface area contributed by atoms with Crippen LogP contribution < -0.4 is 4.74 Å². The molecule has 0 aliphatic heterocycles. The molecule has 0 saturated heterocycles. The first kappa shape index (κ1) is 14.9. The number of rotatable bonds is 4. The fourth-order valence-electron chi connectivity index (χ4n) is 2.43. The molecule has 1 aromatic carbocycles. The molecule has 0 unspecified atom stereocenters. The van der Waals surface area contributed by atoms with Gasteiger partial charge in [-0.2, -0.15) is 5.10 Å². The summed E-state index contributed by atoms with van der Waals surface area (Å²) in [6.07, 6.45) is 2.47. The van der Waals surface area contributed by atoms with Crippen LogP contribution in [0.2, 0.25) is 0 Å². The van der Waals surface area contributed by atoms with E-state index >= 15 is 0 Å². The lowest BCUT2D eigenvalue weighted by Gasteiger charge is -2.10. The molecule has 0 amide bonds. The summed E-state index contributed by atoms with van der Waals surface area (Å²) in [7, 11) is 1.59. The van der Waals surface area contributed by atoms with E-state index in [9.17, 15) is 4.79 Å². The number of aromatic nitrogens is 4. The van der Waals surface area contributed by atoms with Gasteiger partial charge < -0.3 is 4.74 Å². The maximum absolute atomic E-state index is 11.0. The number of methoxy groups -OCH3 is 1. The normalized spacial score (nSPS) is 10.6. The molecule has 0 radical (unpaired) electrons. The number of benzene rings is 1. The van der Waals surface area contributed by atoms with Crippen molar-refractivity contribution in [3.8, 4) is 23.0 Å². The Morgan fingerprint density at radius 3 is 2.65 bits per heavy atom. The Morgan fingerprint density at radius 2 is 2.00 bits per heavy atom. The maximum atomic E-state index is 11.0. The molecule has 0 aliphatic carbocycles. The Balaban J connectivity index is 2.13. The van der Waals surface area contributed by atoms with Gasteiger partial charge in [0.2, 0.25) is 0 Å². The molecule has 6 heteroatoms. The molecule has 3 rings (SSSR count). The van der Waals surface area contributed by atoms with Crippen LogP contribution in [0.4, 0.5) is 0 Å². The van der Waals surface area contributed by atoms with E-state index < -0.39 is 0 Å². The highest BCUT2D eigenvalue weighted by Gasteiger charge is 2.12. The number of aldehydes is 1. The van der Waals surface area contributed by atoms with Crippen molar-refractivity contribution >= 4 is 6.29 Å². The van der Waals surface area contributed by atoms with Crippen molar-refractivity contribution in [2.24, 2.45) is 0 Å². The van der Waals surface area contributed by atoms with Gasteiger partial charge in [-0.3, -0.25) is 4.79 Å². The molecule has 116 valence electrons. The summed E-state index contributed by atoms with van der Waals surface area (Å²) in [5.41, 5.74) is 3.82. The molecule has 2 heterocycles. The summed E-state index contributed by atoms with van der Waals surface area (Å²) in [4.78, 5) is 19.9. The predicted molar refractivity (Wildman–Crippen MR) is 86.0 cm³/mol. The van der Waals surface area contributed by atoms with Gasteiger partial charge in [0.05, 0.1) is 18.5 Å². The molecule has 2 aromatic heterocycles. The van der Waals surface area contributed by atoms with E-state index in [0.717, 1.165) is 23.2 Å². The van der Waals surface area contributed by atoms with E-state index in [2.05, 4.69) is 15.1 Å². The fraction of sp³-hybridized carbons (Fsp3) is 0.176. The first-order valence-corrected chi connectivity index (χ1v) is 7.12. The van der Waals surface area contributed by atoms with E-state index in [1.165, 1.54) is 0 Å². The lowest BCUT2D eigenvalue weighted by molar-refractivity contribution is 0.112. The maximum Gasteiger partial charge on any atom is 0.251 e. The highest BCUT2D eigenvalue weighted by Crippen LogP contribution is 2.29. The molecule has 0 fully saturated rings. The van der Waals surface area contributed by atoms with Crippen molar-refractivity contribution in [3.63, 3.8) is 0 Å². The van der Waals surface area contributed by atoms with Gasteiger partial charge in [0.1, 0.15) is 12.0 Å². The molecular formula is C17H16N4O2. The molecule has 0 spiro atoms. The second-order valence-electron chi connectivity index (χ2n) is 5.16. The quantitative estimate of drug-likeness (QED) is 0.693. The highest BCUT2D eigenvalue weighted by atomic mass is 16.5. The second kappa shape index (κ2) is 6.00. The standard InChI is InChI=1S/C17H16N4O2/c1-11-8-12(2)21(20-11)17-18-7-6-15(19-17)14-9-13(10-22)4-5-16(14)23-3/h4-10H,1-3H3. The molecule has 0 saturated carbocycles. The Kier molecular flexibility index (Phi) is 3.89. The number of carbonyl (C=O) groups is 1. The van der Waals surface area contributed by atoms with Crippen LogP contribution in [0.5, 0.6) is 5.75 Å². The summed E-state index contributed by atoms with van der Waals surface area (Å²) in [6, 6.07) is 8.95. The van der Waals surface area contributed by atoms with Crippen LogP contribution in [0.25, 0.3) is 17.2 Å². The van der Waals surface area contributed by atoms with E-state index in [1.54, 1.807) is 42.3 Å². The SMILES string of the molecule is COc1ccc(C=O)cc1-c1ccnc(-n2nc(C)cc2C)n1. The van der Waals surface area contributed by atoms with Gasteiger partial charge in [-0.1, -0.05) is 0 Å². The molecule has 6 nitrogen and oxygen atoms in total. The summed E-state index contributed by atoms with van der Waals surface area (Å²) in [6.45, 7) is 3.87. The Labute approximate surface area is 133 Å². The van der Waals surface area contributed by atoms with E-state index in [-0.39, 0.29) is 0 Å². The number of ether oxygens (including phenoxy) is 1. The molecule has 3 aromatic rings. The van der Waals surface area contributed by atoms with Crippen LogP contribution in [0.3, 0.4) is 0 Å². The van der Waals surface area contributed by atoms with Crippen LogP contribution in [-0.2, 0) is 0 Å². The zero-order valence-corrected chi connectivity index (χ0v) is 13.1. The number of carbonyl (C=O) groups excluding carboxylic acids is 1. The Hall–Kier alpha value is -3.02. The van der Waals surface area contributed by atoms with Crippen molar-refractivity contribution in [2.45, 2.75) is 13.8 Å². The molecule has 23 heavy (non-hydrogen) atoms. The second-order valence-corrected chi connectivity index (χ2v) is 5.16. The van der Waals surface area contributed by atoms with Crippen molar-refractivity contribution in [2.75, 3.05) is 7.11 Å². The molecule has 0 atom stereocenters. The van der Waals surface area contributed by atoms with Crippen molar-refractivity contribution in [1.82, 2.24) is 19.7 Å². The minimum Gasteiger partial charge on any atom is -0.496 e. The third kappa shape index (κ3) is 2.83. The first-order chi connectivity index (χ1) is 11.1. The number of nitrogens with zero attached hydrogens (tertiary/aromatic N) is 4. The van der Waals surface area contributed by atoms with Gasteiger partial charge >= 0.3 is 0 Å². The van der Waals surface area contributed by atoms with Gasteiger partial charge in [0.25, 0.3) is 5.95 Å². The summed E-state index contributed by atoms with van der Waals surface area (Å²) in [5.74, 6) is 1.13. The topological polar surface area (TPSA) is 69.9 Å². The van der Waals surface area contributed by atoms with Crippen molar-refractivity contribution in [1.29, 1.82) is 0 Å². The molecular weight excluding hydrogens is 292 g/mol. The van der Waals surface area contributed by atoms with Gasteiger partial charge in [0, 0.05) is 23.0 Å². The van der Waals surface area contributed by atoms with Gasteiger partial charge in [-0.15, -0.1) is 0 Å². The van der Waals surface area contributed by atoms with Crippen molar-refractivity contribution in [3.05, 3.63) is 53.5 Å². The average molecular weight is 308 g/mol. The average Bonchev–Trinajstić information content (AvgIpc) is 2.92. The molecule has 0 N–H and O–H groups in total. The van der Waals surface area contributed by atoms with Crippen molar-refractivity contribution < 1.29 is 9.53 Å². The highest BCUT2D eigenvalue weighted by molar-refractivity contribution is 5.80. The first-order valence-electron chi connectivity index (χ1n) is 7.12. The number of hydrogen-bond acceptors (Lipinski definition) is 5. The van der Waals surface area contributed by atoms with Gasteiger partial charge in [-0.05, 0) is 44.2 Å². The van der Waals surface area contributed by atoms with E-state index in [4.69, 9.17) is 4.74 Å². The minimum atomic E-state index is 0.478. The number of aryl methyl sites for hydroxylation is 2. The van der Waals surface area contributed by atoms with Crippen LogP contribution in [0, 0.1) is 13.8 Å². The summed E-state index contributed by atoms with van der Waals surface area (Å²) in [5, 5.41) is 4.40. The fourth-order valence-corrected chi connectivity index (χ4v) is 2.43. The lowest BCUT2D eigenvalue weighted by atomic mass is 10.1. The zero-order valence-electron chi connectivity index (χ0n) is 13.1. The zero-order chi connectivity index (χ0) is 16.4. The van der Waals surface area contributed by atoms with Gasteiger partial charge in [-0.25, -0.2) is 14.6 Å². The Morgan fingerprint density at radius 1 is 1.17 bits per heavy atom. The Bertz CT molecular complexity index is 871. The number of hydrogen-bond donors (Lipinski definition) is 0. The summed E-state index contributed by atoms with van der Waals surface area (Å²) < 4.78 is 7.06. The van der Waals surface area contributed by atoms with Crippen LogP contribution in [0.1, 0.15) is 21.7 Å². The predicted octanol–water partition coefficient (Wildman–Crippen LogP) is 2.77. The molecule has 0 bridgehead atoms. The largest absolute Gasteiger partial charge is 0.496 e. The van der Waals surface area contributed by atoms with Gasteiger partial charge in [0.15, 0.2) is 0 Å². The van der Waals surface area contributed by atoms with E-state index in [0.29, 0.717) is 23.0 Å². The van der Waals surface area contributed by atoms with Crippen LogP contribution in [-0.4, -0.2) is 33.1 Å². The van der Waals surface area contributed by atoms with E-state index in [1.807, 2.05) is 19.9 Å². The van der Waals surface area contributed by atoms with Crippen LogP contribution in [0.15, 0.2) is 36.5 Å². The third-order valence-corrected chi connectivity index (χ3v) is 3.48. The monoisotopic (exact) mass is 308 g/mol. The third-order valence-electron chi connectivity index (χ3n) is 3.48. The summed E-state index contributed by atoms with van der Waals surface area (Å²) >= 11 is 0. The lowest BCUT2D eigenvalue weighted by Crippen LogP contribution is -2.05. The smallest absolute Gasteiger partial charge is 0.251 e. The van der Waals surface area contributed by atoms with Crippen LogP contribution >= 0.6 is 0 Å². The minimum absolute atomic E-state index is 0.478. The molecule has 0 aliphatic rings.